The lowest BCUT2D eigenvalue weighted by molar-refractivity contribution is 0.252. The molecule has 17 heavy (non-hydrogen) atoms. The van der Waals surface area contributed by atoms with Crippen LogP contribution < -0.4 is 5.32 Å². The van der Waals surface area contributed by atoms with E-state index in [1.165, 1.54) is 19.3 Å². The molecule has 3 unspecified atom stereocenters. The van der Waals surface area contributed by atoms with Crippen molar-refractivity contribution < 1.29 is 0 Å². The van der Waals surface area contributed by atoms with Crippen LogP contribution in [-0.2, 0) is 6.54 Å². The fourth-order valence-corrected chi connectivity index (χ4v) is 2.82. The molecule has 1 saturated carbocycles. The van der Waals surface area contributed by atoms with Gasteiger partial charge in [0, 0.05) is 25.0 Å². The molecule has 0 aromatic carbocycles. The van der Waals surface area contributed by atoms with Gasteiger partial charge >= 0.3 is 0 Å². The van der Waals surface area contributed by atoms with Gasteiger partial charge in [-0.1, -0.05) is 33.6 Å². The Balaban J connectivity index is 2.01. The fourth-order valence-electron chi connectivity index (χ4n) is 2.82. The van der Waals surface area contributed by atoms with Crippen LogP contribution in [0.5, 0.6) is 0 Å². The molecule has 1 aliphatic rings. The molecule has 1 aromatic heterocycles. The van der Waals surface area contributed by atoms with Gasteiger partial charge in [0.05, 0.1) is 0 Å². The Bertz CT molecular complexity index is 345. The second-order valence-electron chi connectivity index (χ2n) is 5.46. The highest BCUT2D eigenvalue weighted by atomic mass is 15.2. The van der Waals surface area contributed by atoms with Gasteiger partial charge in [-0.2, -0.15) is 0 Å². The molecule has 0 radical (unpaired) electrons. The lowest BCUT2D eigenvalue weighted by atomic mass is 9.78. The molecule has 1 aromatic rings. The maximum Gasteiger partial charge on any atom is 0.202 e. The normalized spacial score (nSPS) is 29.2. The Labute approximate surface area is 105 Å². The van der Waals surface area contributed by atoms with E-state index in [4.69, 9.17) is 0 Å². The van der Waals surface area contributed by atoms with Crippen LogP contribution in [0.4, 0.5) is 5.95 Å². The van der Waals surface area contributed by atoms with Crippen molar-refractivity contribution in [1.82, 2.24) is 9.55 Å². The molecule has 0 bridgehead atoms. The summed E-state index contributed by atoms with van der Waals surface area (Å²) in [7, 11) is 0. The minimum absolute atomic E-state index is 0.594. The monoisotopic (exact) mass is 235 g/mol. The number of hydrogen-bond donors (Lipinski definition) is 1. The number of aryl methyl sites for hydroxylation is 1. The second kappa shape index (κ2) is 5.56. The average molecular weight is 235 g/mol. The Hall–Kier alpha value is -0.990. The Kier molecular flexibility index (Phi) is 4.08. The SMILES string of the molecule is CCCn1ccnc1NC1CCCC(C)C1C. The van der Waals surface area contributed by atoms with Gasteiger partial charge in [-0.25, -0.2) is 4.98 Å². The van der Waals surface area contributed by atoms with Crippen LogP contribution in [0.3, 0.4) is 0 Å². The van der Waals surface area contributed by atoms with Crippen molar-refractivity contribution >= 4 is 5.95 Å². The number of anilines is 1. The van der Waals surface area contributed by atoms with Crippen molar-refractivity contribution in [2.24, 2.45) is 11.8 Å². The van der Waals surface area contributed by atoms with Gasteiger partial charge in [0.1, 0.15) is 0 Å². The summed E-state index contributed by atoms with van der Waals surface area (Å²) in [6.07, 6.45) is 9.13. The van der Waals surface area contributed by atoms with Crippen molar-refractivity contribution in [3.63, 3.8) is 0 Å². The molecule has 0 saturated heterocycles. The molecule has 3 heteroatoms. The van der Waals surface area contributed by atoms with Crippen molar-refractivity contribution in [3.05, 3.63) is 12.4 Å². The molecular formula is C14H25N3. The summed E-state index contributed by atoms with van der Waals surface area (Å²) in [4.78, 5) is 4.44. The Morgan fingerprint density at radius 1 is 1.41 bits per heavy atom. The number of imidazole rings is 1. The van der Waals surface area contributed by atoms with E-state index in [0.29, 0.717) is 6.04 Å². The standard InChI is InChI=1S/C14H25N3/c1-4-9-17-10-8-15-14(17)16-13-7-5-6-11(2)12(13)3/h8,10-13H,4-7,9H2,1-3H3,(H,15,16). The predicted molar refractivity (Wildman–Crippen MR) is 72.1 cm³/mol. The summed E-state index contributed by atoms with van der Waals surface area (Å²) >= 11 is 0. The third-order valence-corrected chi connectivity index (χ3v) is 4.20. The van der Waals surface area contributed by atoms with Crippen LogP contribution in [0.2, 0.25) is 0 Å². The lowest BCUT2D eigenvalue weighted by Gasteiger charge is -2.34. The van der Waals surface area contributed by atoms with Gasteiger partial charge in [0.2, 0.25) is 5.95 Å². The zero-order chi connectivity index (χ0) is 12.3. The maximum atomic E-state index is 4.44. The van der Waals surface area contributed by atoms with Crippen LogP contribution in [-0.4, -0.2) is 15.6 Å². The van der Waals surface area contributed by atoms with Crippen LogP contribution in [0.15, 0.2) is 12.4 Å². The topological polar surface area (TPSA) is 29.9 Å². The zero-order valence-electron chi connectivity index (χ0n) is 11.3. The number of rotatable bonds is 4. The molecule has 3 nitrogen and oxygen atoms in total. The number of hydrogen-bond acceptors (Lipinski definition) is 2. The van der Waals surface area contributed by atoms with Gasteiger partial charge in [0.25, 0.3) is 0 Å². The first-order chi connectivity index (χ1) is 8.22. The minimum Gasteiger partial charge on any atom is -0.353 e. The molecule has 0 aliphatic heterocycles. The van der Waals surface area contributed by atoms with E-state index in [1.54, 1.807) is 0 Å². The lowest BCUT2D eigenvalue weighted by Crippen LogP contribution is -2.35. The highest BCUT2D eigenvalue weighted by Crippen LogP contribution is 2.31. The van der Waals surface area contributed by atoms with Crippen molar-refractivity contribution in [3.8, 4) is 0 Å². The predicted octanol–water partition coefficient (Wildman–Crippen LogP) is 3.53. The van der Waals surface area contributed by atoms with Crippen LogP contribution in [0, 0.1) is 11.8 Å². The van der Waals surface area contributed by atoms with Crippen LogP contribution in [0.1, 0.15) is 46.5 Å². The summed E-state index contributed by atoms with van der Waals surface area (Å²) in [6.45, 7) is 8.00. The van der Waals surface area contributed by atoms with Gasteiger partial charge < -0.3 is 9.88 Å². The molecule has 0 spiro atoms. The molecule has 0 amide bonds. The molecule has 1 N–H and O–H groups in total. The van der Waals surface area contributed by atoms with E-state index in [9.17, 15) is 0 Å². The minimum atomic E-state index is 0.594. The van der Waals surface area contributed by atoms with E-state index >= 15 is 0 Å². The molecule has 1 heterocycles. The number of nitrogens with zero attached hydrogens (tertiary/aromatic N) is 2. The average Bonchev–Trinajstić information content (AvgIpc) is 2.73. The van der Waals surface area contributed by atoms with E-state index < -0.39 is 0 Å². The summed E-state index contributed by atoms with van der Waals surface area (Å²) < 4.78 is 2.23. The largest absolute Gasteiger partial charge is 0.353 e. The summed E-state index contributed by atoms with van der Waals surface area (Å²) in [5.41, 5.74) is 0. The molecule has 3 atom stereocenters. The smallest absolute Gasteiger partial charge is 0.202 e. The molecule has 1 aliphatic carbocycles. The first kappa shape index (κ1) is 12.5. The third kappa shape index (κ3) is 2.82. The molecule has 96 valence electrons. The Morgan fingerprint density at radius 3 is 3.00 bits per heavy atom. The summed E-state index contributed by atoms with van der Waals surface area (Å²) in [5.74, 6) is 2.63. The van der Waals surface area contributed by atoms with E-state index in [2.05, 4.69) is 41.8 Å². The first-order valence-electron chi connectivity index (χ1n) is 7.00. The molecule has 2 rings (SSSR count). The van der Waals surface area contributed by atoms with Crippen molar-refractivity contribution in [2.75, 3.05) is 5.32 Å². The molecular weight excluding hydrogens is 210 g/mol. The fraction of sp³-hybridized carbons (Fsp3) is 0.786. The van der Waals surface area contributed by atoms with Crippen LogP contribution >= 0.6 is 0 Å². The van der Waals surface area contributed by atoms with E-state index in [-0.39, 0.29) is 0 Å². The Morgan fingerprint density at radius 2 is 2.24 bits per heavy atom. The zero-order valence-corrected chi connectivity index (χ0v) is 11.3. The van der Waals surface area contributed by atoms with Crippen LogP contribution in [0.25, 0.3) is 0 Å². The van der Waals surface area contributed by atoms with Gasteiger partial charge in [-0.3, -0.25) is 0 Å². The summed E-state index contributed by atoms with van der Waals surface area (Å²) in [5, 5.41) is 3.65. The quantitative estimate of drug-likeness (QED) is 0.865. The van der Waals surface area contributed by atoms with Gasteiger partial charge in [-0.05, 0) is 24.7 Å². The van der Waals surface area contributed by atoms with Crippen molar-refractivity contribution in [1.29, 1.82) is 0 Å². The first-order valence-corrected chi connectivity index (χ1v) is 7.00. The number of nitrogens with one attached hydrogen (secondary N) is 1. The summed E-state index contributed by atoms with van der Waals surface area (Å²) in [6, 6.07) is 0.594. The number of aromatic nitrogens is 2. The highest BCUT2D eigenvalue weighted by Gasteiger charge is 2.27. The van der Waals surface area contributed by atoms with Gasteiger partial charge in [-0.15, -0.1) is 0 Å². The second-order valence-corrected chi connectivity index (χ2v) is 5.46. The highest BCUT2D eigenvalue weighted by molar-refractivity contribution is 5.28. The van der Waals surface area contributed by atoms with Crippen molar-refractivity contribution in [2.45, 2.75) is 59.0 Å². The molecule has 1 fully saturated rings. The van der Waals surface area contributed by atoms with E-state index in [1.807, 2.05) is 6.20 Å². The third-order valence-electron chi connectivity index (χ3n) is 4.20. The van der Waals surface area contributed by atoms with Gasteiger partial charge in [0.15, 0.2) is 0 Å². The van der Waals surface area contributed by atoms with E-state index in [0.717, 1.165) is 30.7 Å². The maximum absolute atomic E-state index is 4.44.